The van der Waals surface area contributed by atoms with E-state index in [1.807, 2.05) is 27.7 Å². The third-order valence-electron chi connectivity index (χ3n) is 2.95. The van der Waals surface area contributed by atoms with Crippen molar-refractivity contribution in [2.24, 2.45) is 0 Å². The number of rotatable bonds is 7. The van der Waals surface area contributed by atoms with E-state index in [2.05, 4.69) is 15.3 Å². The van der Waals surface area contributed by atoms with Crippen LogP contribution in [-0.4, -0.2) is 46.2 Å². The van der Waals surface area contributed by atoms with Gasteiger partial charge in [0.1, 0.15) is 17.7 Å². The number of ether oxygens (including phenoxy) is 1. The van der Waals surface area contributed by atoms with Crippen LogP contribution in [0, 0.1) is 0 Å². The van der Waals surface area contributed by atoms with Gasteiger partial charge in [-0.05, 0) is 40.5 Å². The number of hydrogen-bond acceptors (Lipinski definition) is 6. The molecule has 0 atom stereocenters. The number of unbranched alkanes of at least 4 members (excludes halogenated alkanes) is 1. The van der Waals surface area contributed by atoms with E-state index in [0.717, 1.165) is 25.1 Å². The Morgan fingerprint density at radius 1 is 1.41 bits per heavy atom. The summed E-state index contributed by atoms with van der Waals surface area (Å²) >= 11 is 0. The fourth-order valence-electron chi connectivity index (χ4n) is 1.83. The molecule has 22 heavy (non-hydrogen) atoms. The molecule has 3 N–H and O–H groups in total. The minimum atomic E-state index is -0.461. The Hall–Kier alpha value is -2.05. The zero-order chi connectivity index (χ0) is 16.6. The molecule has 1 rings (SSSR count). The van der Waals surface area contributed by atoms with E-state index in [9.17, 15) is 4.79 Å². The molecule has 0 spiro atoms. The number of nitrogens with zero attached hydrogens (tertiary/aromatic N) is 3. The summed E-state index contributed by atoms with van der Waals surface area (Å²) in [5, 5.41) is 3.19. The number of hydrogen-bond donors (Lipinski definition) is 2. The Morgan fingerprint density at radius 2 is 2.14 bits per heavy atom. The average molecular weight is 309 g/mol. The van der Waals surface area contributed by atoms with Crippen molar-refractivity contribution in [3.8, 4) is 0 Å². The van der Waals surface area contributed by atoms with E-state index in [1.54, 1.807) is 11.1 Å². The molecule has 124 valence electrons. The molecule has 1 aromatic rings. The van der Waals surface area contributed by atoms with Gasteiger partial charge in [-0.1, -0.05) is 0 Å². The van der Waals surface area contributed by atoms with Crippen LogP contribution in [0.3, 0.4) is 0 Å². The normalized spacial score (nSPS) is 11.1. The highest BCUT2D eigenvalue weighted by molar-refractivity contribution is 5.68. The van der Waals surface area contributed by atoms with Crippen LogP contribution in [0.4, 0.5) is 16.3 Å². The minimum Gasteiger partial charge on any atom is -0.444 e. The number of amides is 1. The lowest BCUT2D eigenvalue weighted by Gasteiger charge is -2.26. The molecule has 1 aromatic heterocycles. The Labute approximate surface area is 132 Å². The van der Waals surface area contributed by atoms with Gasteiger partial charge in [-0.25, -0.2) is 14.8 Å². The Morgan fingerprint density at radius 3 is 2.73 bits per heavy atom. The summed E-state index contributed by atoms with van der Waals surface area (Å²) in [6.45, 7) is 9.63. The van der Waals surface area contributed by atoms with Gasteiger partial charge >= 0.3 is 6.09 Å². The maximum Gasteiger partial charge on any atom is 0.410 e. The SMILES string of the molecule is CCN(CCCCNc1cncnc1N)C(=O)OC(C)(C)C. The lowest BCUT2D eigenvalue weighted by molar-refractivity contribution is 0.0258. The van der Waals surface area contributed by atoms with Gasteiger partial charge in [0.05, 0.1) is 11.9 Å². The lowest BCUT2D eigenvalue weighted by atomic mass is 10.2. The van der Waals surface area contributed by atoms with Crippen LogP contribution in [0.25, 0.3) is 0 Å². The summed E-state index contributed by atoms with van der Waals surface area (Å²) in [6, 6.07) is 0. The van der Waals surface area contributed by atoms with Crippen LogP contribution in [0.5, 0.6) is 0 Å². The second kappa shape index (κ2) is 8.41. The molecule has 0 bridgehead atoms. The van der Waals surface area contributed by atoms with E-state index in [1.165, 1.54) is 6.33 Å². The highest BCUT2D eigenvalue weighted by atomic mass is 16.6. The molecule has 0 aromatic carbocycles. The molecule has 0 aliphatic heterocycles. The van der Waals surface area contributed by atoms with Crippen molar-refractivity contribution < 1.29 is 9.53 Å². The molecule has 0 radical (unpaired) electrons. The van der Waals surface area contributed by atoms with Gasteiger partial charge in [0.2, 0.25) is 0 Å². The molecule has 7 heteroatoms. The largest absolute Gasteiger partial charge is 0.444 e. The average Bonchev–Trinajstić information content (AvgIpc) is 2.42. The first kappa shape index (κ1) is 18.0. The number of carbonyl (C=O) groups excluding carboxylic acids is 1. The van der Waals surface area contributed by atoms with Crippen molar-refractivity contribution >= 4 is 17.6 Å². The van der Waals surface area contributed by atoms with Crippen molar-refractivity contribution in [3.05, 3.63) is 12.5 Å². The van der Waals surface area contributed by atoms with E-state index >= 15 is 0 Å². The number of nitrogen functional groups attached to an aromatic ring is 1. The Balaban J connectivity index is 2.27. The molecule has 0 aliphatic carbocycles. The summed E-state index contributed by atoms with van der Waals surface area (Å²) in [6.07, 6.45) is 4.60. The predicted molar refractivity (Wildman–Crippen MR) is 87.6 cm³/mol. The van der Waals surface area contributed by atoms with E-state index in [4.69, 9.17) is 10.5 Å². The second-order valence-electron chi connectivity index (χ2n) is 6.02. The first-order chi connectivity index (χ1) is 10.3. The monoisotopic (exact) mass is 309 g/mol. The molecule has 1 heterocycles. The Bertz CT molecular complexity index is 473. The lowest BCUT2D eigenvalue weighted by Crippen LogP contribution is -2.37. The molecule has 7 nitrogen and oxygen atoms in total. The molecular formula is C15H27N5O2. The highest BCUT2D eigenvalue weighted by Crippen LogP contribution is 2.12. The van der Waals surface area contributed by atoms with Crippen LogP contribution in [0.15, 0.2) is 12.5 Å². The molecule has 0 saturated heterocycles. The van der Waals surface area contributed by atoms with Gasteiger partial charge in [0, 0.05) is 19.6 Å². The first-order valence-corrected chi connectivity index (χ1v) is 7.60. The van der Waals surface area contributed by atoms with Crippen molar-refractivity contribution in [1.82, 2.24) is 14.9 Å². The second-order valence-corrected chi connectivity index (χ2v) is 6.02. The van der Waals surface area contributed by atoms with Gasteiger partial charge in [-0.2, -0.15) is 0 Å². The third-order valence-corrected chi connectivity index (χ3v) is 2.95. The van der Waals surface area contributed by atoms with Crippen LogP contribution >= 0.6 is 0 Å². The van der Waals surface area contributed by atoms with E-state index < -0.39 is 5.60 Å². The predicted octanol–water partition coefficient (Wildman–Crippen LogP) is 2.51. The summed E-state index contributed by atoms with van der Waals surface area (Å²) in [5.74, 6) is 0.443. The fraction of sp³-hybridized carbons (Fsp3) is 0.667. The van der Waals surface area contributed by atoms with E-state index in [0.29, 0.717) is 18.9 Å². The molecule has 0 aliphatic rings. The Kier molecular flexibility index (Phi) is 6.88. The van der Waals surface area contributed by atoms with Crippen LogP contribution in [0.1, 0.15) is 40.5 Å². The summed E-state index contributed by atoms with van der Waals surface area (Å²) in [7, 11) is 0. The van der Waals surface area contributed by atoms with Crippen molar-refractivity contribution in [2.45, 2.75) is 46.1 Å². The van der Waals surface area contributed by atoms with Gasteiger partial charge in [-0.15, -0.1) is 0 Å². The summed E-state index contributed by atoms with van der Waals surface area (Å²) < 4.78 is 5.37. The highest BCUT2D eigenvalue weighted by Gasteiger charge is 2.20. The maximum atomic E-state index is 12.0. The smallest absolute Gasteiger partial charge is 0.410 e. The standard InChI is InChI=1S/C15H27N5O2/c1-5-20(14(21)22-15(2,3)4)9-7-6-8-18-12-10-17-11-19-13(12)16/h10-11,18H,5-9H2,1-4H3,(H2,16,17,19). The molecule has 0 fully saturated rings. The molecule has 0 saturated carbocycles. The summed E-state index contributed by atoms with van der Waals surface area (Å²) in [5.41, 5.74) is 6.00. The first-order valence-electron chi connectivity index (χ1n) is 7.60. The summed E-state index contributed by atoms with van der Waals surface area (Å²) in [4.78, 5) is 21.5. The van der Waals surface area contributed by atoms with Gasteiger partial charge < -0.3 is 20.7 Å². The molecule has 0 unspecified atom stereocenters. The number of anilines is 2. The van der Waals surface area contributed by atoms with Crippen LogP contribution in [0.2, 0.25) is 0 Å². The molecule has 1 amide bonds. The quantitative estimate of drug-likeness (QED) is 0.752. The van der Waals surface area contributed by atoms with Crippen LogP contribution < -0.4 is 11.1 Å². The van der Waals surface area contributed by atoms with Gasteiger partial charge in [-0.3, -0.25) is 0 Å². The topological polar surface area (TPSA) is 93.4 Å². The van der Waals surface area contributed by atoms with Crippen molar-refractivity contribution in [2.75, 3.05) is 30.7 Å². The third kappa shape index (κ3) is 6.60. The number of aromatic nitrogens is 2. The minimum absolute atomic E-state index is 0.260. The zero-order valence-electron chi connectivity index (χ0n) is 13.9. The maximum absolute atomic E-state index is 12.0. The van der Waals surface area contributed by atoms with Crippen molar-refractivity contribution in [1.29, 1.82) is 0 Å². The fourth-order valence-corrected chi connectivity index (χ4v) is 1.83. The van der Waals surface area contributed by atoms with Crippen LogP contribution in [-0.2, 0) is 4.74 Å². The number of carbonyl (C=O) groups is 1. The number of nitrogens with one attached hydrogen (secondary N) is 1. The zero-order valence-corrected chi connectivity index (χ0v) is 13.9. The van der Waals surface area contributed by atoms with Gasteiger partial charge in [0.15, 0.2) is 0 Å². The van der Waals surface area contributed by atoms with E-state index in [-0.39, 0.29) is 6.09 Å². The molecular weight excluding hydrogens is 282 g/mol. The van der Waals surface area contributed by atoms with Gasteiger partial charge in [0.25, 0.3) is 0 Å². The number of nitrogens with two attached hydrogens (primary N) is 1. The van der Waals surface area contributed by atoms with Crippen molar-refractivity contribution in [3.63, 3.8) is 0 Å².